The number of benzene rings is 1. The summed E-state index contributed by atoms with van der Waals surface area (Å²) in [4.78, 5) is 0. The van der Waals surface area contributed by atoms with Crippen LogP contribution in [0.1, 0.15) is 17.0 Å². The fraction of sp³-hybridized carbons (Fsp3) is 0.250. The molecule has 1 aromatic carbocycles. The van der Waals surface area contributed by atoms with Crippen molar-refractivity contribution in [3.05, 3.63) is 45.3 Å². The Morgan fingerprint density at radius 1 is 1.33 bits per heavy atom. The topological polar surface area (TPSA) is 38.1 Å². The SMILES string of the molecule is Cc1noc(C)c1CNc1c(F)cc(F)cc1Br. The summed E-state index contributed by atoms with van der Waals surface area (Å²) in [6, 6.07) is 2.04. The van der Waals surface area contributed by atoms with Crippen molar-refractivity contribution in [2.75, 3.05) is 5.32 Å². The Bertz CT molecular complexity index is 541. The van der Waals surface area contributed by atoms with E-state index in [1.807, 2.05) is 6.92 Å². The zero-order valence-corrected chi connectivity index (χ0v) is 11.4. The molecule has 0 saturated carbocycles. The maximum atomic E-state index is 13.6. The van der Waals surface area contributed by atoms with Crippen molar-refractivity contribution in [2.45, 2.75) is 20.4 Å². The second-order valence-electron chi connectivity index (χ2n) is 3.90. The van der Waals surface area contributed by atoms with Crippen LogP contribution in [0.15, 0.2) is 21.1 Å². The molecule has 0 aliphatic carbocycles. The standard InChI is InChI=1S/C12H11BrF2N2O/c1-6-9(7(2)18-17-6)5-16-12-10(13)3-8(14)4-11(12)15/h3-4,16H,5H2,1-2H3. The lowest BCUT2D eigenvalue weighted by Crippen LogP contribution is -2.04. The highest BCUT2D eigenvalue weighted by Gasteiger charge is 2.12. The van der Waals surface area contributed by atoms with Gasteiger partial charge in [0.15, 0.2) is 0 Å². The lowest BCUT2D eigenvalue weighted by Gasteiger charge is -2.09. The first kappa shape index (κ1) is 13.0. The highest BCUT2D eigenvalue weighted by atomic mass is 79.9. The molecule has 0 aliphatic rings. The predicted molar refractivity (Wildman–Crippen MR) is 67.4 cm³/mol. The molecule has 0 radical (unpaired) electrons. The van der Waals surface area contributed by atoms with Crippen molar-refractivity contribution in [3.8, 4) is 0 Å². The maximum Gasteiger partial charge on any atom is 0.150 e. The highest BCUT2D eigenvalue weighted by molar-refractivity contribution is 9.10. The van der Waals surface area contributed by atoms with Crippen molar-refractivity contribution in [1.29, 1.82) is 0 Å². The van der Waals surface area contributed by atoms with Gasteiger partial charge < -0.3 is 9.84 Å². The molecule has 0 amide bonds. The zero-order chi connectivity index (χ0) is 13.3. The minimum atomic E-state index is -0.645. The predicted octanol–water partition coefficient (Wildman–Crippen LogP) is 3.94. The van der Waals surface area contributed by atoms with Crippen LogP contribution in [-0.2, 0) is 6.54 Å². The number of hydrogen-bond donors (Lipinski definition) is 1. The Labute approximate surface area is 111 Å². The van der Waals surface area contributed by atoms with E-state index in [0.717, 1.165) is 17.3 Å². The summed E-state index contributed by atoms with van der Waals surface area (Å²) in [5, 5.41) is 6.71. The van der Waals surface area contributed by atoms with Crippen LogP contribution in [0.2, 0.25) is 0 Å². The Kier molecular flexibility index (Phi) is 3.65. The van der Waals surface area contributed by atoms with Crippen LogP contribution in [0, 0.1) is 25.5 Å². The third-order valence-electron chi connectivity index (χ3n) is 2.63. The lowest BCUT2D eigenvalue weighted by atomic mass is 10.2. The van der Waals surface area contributed by atoms with E-state index >= 15 is 0 Å². The van der Waals surface area contributed by atoms with Crippen LogP contribution in [0.3, 0.4) is 0 Å². The molecule has 0 aliphatic heterocycles. The molecule has 0 unspecified atom stereocenters. The van der Waals surface area contributed by atoms with E-state index in [-0.39, 0.29) is 5.69 Å². The molecule has 1 N–H and O–H groups in total. The van der Waals surface area contributed by atoms with Crippen LogP contribution >= 0.6 is 15.9 Å². The van der Waals surface area contributed by atoms with Crippen molar-refractivity contribution >= 4 is 21.6 Å². The van der Waals surface area contributed by atoms with E-state index in [4.69, 9.17) is 4.52 Å². The molecule has 0 saturated heterocycles. The summed E-state index contributed by atoms with van der Waals surface area (Å²) in [7, 11) is 0. The fourth-order valence-corrected chi connectivity index (χ4v) is 2.19. The first-order valence-electron chi connectivity index (χ1n) is 5.29. The first-order valence-corrected chi connectivity index (χ1v) is 6.08. The van der Waals surface area contributed by atoms with Crippen molar-refractivity contribution in [2.24, 2.45) is 0 Å². The van der Waals surface area contributed by atoms with Crippen molar-refractivity contribution in [3.63, 3.8) is 0 Å². The third-order valence-corrected chi connectivity index (χ3v) is 3.26. The minimum Gasteiger partial charge on any atom is -0.377 e. The van der Waals surface area contributed by atoms with Gasteiger partial charge in [-0.05, 0) is 35.8 Å². The average molecular weight is 317 g/mol. The van der Waals surface area contributed by atoms with Gasteiger partial charge in [0.25, 0.3) is 0 Å². The van der Waals surface area contributed by atoms with Crippen LogP contribution in [-0.4, -0.2) is 5.16 Å². The van der Waals surface area contributed by atoms with Gasteiger partial charge in [0.2, 0.25) is 0 Å². The summed E-state index contributed by atoms with van der Waals surface area (Å²) in [6.45, 7) is 3.96. The number of halogens is 3. The molecule has 0 atom stereocenters. The van der Waals surface area contributed by atoms with Gasteiger partial charge in [-0.3, -0.25) is 0 Å². The zero-order valence-electron chi connectivity index (χ0n) is 9.85. The summed E-state index contributed by atoms with van der Waals surface area (Å²) in [5.41, 5.74) is 1.83. The number of aromatic nitrogens is 1. The molecule has 0 spiro atoms. The first-order chi connectivity index (χ1) is 8.49. The number of anilines is 1. The number of nitrogens with one attached hydrogen (secondary N) is 1. The van der Waals surface area contributed by atoms with Gasteiger partial charge in [0.1, 0.15) is 17.4 Å². The molecule has 3 nitrogen and oxygen atoms in total. The van der Waals surface area contributed by atoms with E-state index in [1.165, 1.54) is 6.07 Å². The van der Waals surface area contributed by atoms with Gasteiger partial charge >= 0.3 is 0 Å². The van der Waals surface area contributed by atoms with Crippen LogP contribution in [0.25, 0.3) is 0 Å². The Morgan fingerprint density at radius 2 is 2.06 bits per heavy atom. The Morgan fingerprint density at radius 3 is 2.61 bits per heavy atom. The Balaban J connectivity index is 2.21. The van der Waals surface area contributed by atoms with Gasteiger partial charge in [-0.15, -0.1) is 0 Å². The molecule has 0 bridgehead atoms. The number of nitrogens with zero attached hydrogens (tertiary/aromatic N) is 1. The second-order valence-corrected chi connectivity index (χ2v) is 4.76. The van der Waals surface area contributed by atoms with Gasteiger partial charge in [-0.2, -0.15) is 0 Å². The van der Waals surface area contributed by atoms with Crippen LogP contribution in [0.4, 0.5) is 14.5 Å². The molecular weight excluding hydrogens is 306 g/mol. The van der Waals surface area contributed by atoms with Crippen molar-refractivity contribution < 1.29 is 13.3 Å². The van der Waals surface area contributed by atoms with Crippen LogP contribution < -0.4 is 5.32 Å². The lowest BCUT2D eigenvalue weighted by molar-refractivity contribution is 0.392. The van der Waals surface area contributed by atoms with Crippen molar-refractivity contribution in [1.82, 2.24) is 5.16 Å². The molecule has 2 rings (SSSR count). The summed E-state index contributed by atoms with van der Waals surface area (Å²) in [6.07, 6.45) is 0. The number of aryl methyl sites for hydroxylation is 2. The number of rotatable bonds is 3. The molecule has 6 heteroatoms. The monoisotopic (exact) mass is 316 g/mol. The van der Waals surface area contributed by atoms with E-state index in [2.05, 4.69) is 26.4 Å². The second kappa shape index (κ2) is 5.06. The molecule has 1 heterocycles. The van der Waals surface area contributed by atoms with Crippen LogP contribution in [0.5, 0.6) is 0 Å². The van der Waals surface area contributed by atoms with E-state index in [9.17, 15) is 8.78 Å². The fourth-order valence-electron chi connectivity index (χ4n) is 1.64. The van der Waals surface area contributed by atoms with Gasteiger partial charge in [-0.25, -0.2) is 8.78 Å². The van der Waals surface area contributed by atoms with E-state index in [1.54, 1.807) is 6.92 Å². The Hall–Kier alpha value is -1.43. The number of hydrogen-bond acceptors (Lipinski definition) is 3. The summed E-state index contributed by atoms with van der Waals surface area (Å²) >= 11 is 3.12. The summed E-state index contributed by atoms with van der Waals surface area (Å²) in [5.74, 6) is -0.588. The largest absolute Gasteiger partial charge is 0.377 e. The van der Waals surface area contributed by atoms with Gasteiger partial charge in [0.05, 0.1) is 11.4 Å². The highest BCUT2D eigenvalue weighted by Crippen LogP contribution is 2.27. The van der Waals surface area contributed by atoms with E-state index < -0.39 is 11.6 Å². The van der Waals surface area contributed by atoms with Gasteiger partial charge in [-0.1, -0.05) is 5.16 Å². The molecular formula is C12H11BrF2N2O. The molecule has 96 valence electrons. The molecule has 2 aromatic rings. The minimum absolute atomic E-state index is 0.219. The molecule has 1 aromatic heterocycles. The maximum absolute atomic E-state index is 13.6. The third kappa shape index (κ3) is 2.53. The van der Waals surface area contributed by atoms with Gasteiger partial charge in [0, 0.05) is 22.6 Å². The normalized spacial score (nSPS) is 10.7. The molecule has 18 heavy (non-hydrogen) atoms. The summed E-state index contributed by atoms with van der Waals surface area (Å²) < 4.78 is 31.8. The molecule has 0 fully saturated rings. The smallest absolute Gasteiger partial charge is 0.150 e. The van der Waals surface area contributed by atoms with E-state index in [0.29, 0.717) is 16.8 Å². The average Bonchev–Trinajstić information content (AvgIpc) is 2.58. The quantitative estimate of drug-likeness (QED) is 0.932.